The lowest BCUT2D eigenvalue weighted by Crippen LogP contribution is -2.51. The highest BCUT2D eigenvalue weighted by atomic mass is 19.1. The summed E-state index contributed by atoms with van der Waals surface area (Å²) in [6.07, 6.45) is -0.598. The number of hydrogen-bond acceptors (Lipinski definition) is 5. The zero-order chi connectivity index (χ0) is 24.3. The summed E-state index contributed by atoms with van der Waals surface area (Å²) >= 11 is 0. The van der Waals surface area contributed by atoms with Gasteiger partial charge in [-0.05, 0) is 29.7 Å². The SMILES string of the molecule is O=C1[C@H]2[C@@H](c3ccccc3)OC3(C(=O)c4ccccc4C3=O)[C@@H]2C(=O)N1CCc1ccc(F)cc1. The molecule has 0 bridgehead atoms. The number of imide groups is 1. The molecule has 0 aromatic heterocycles. The van der Waals surface area contributed by atoms with E-state index in [-0.39, 0.29) is 23.5 Å². The molecule has 0 saturated carbocycles. The molecule has 2 amide bonds. The summed E-state index contributed by atoms with van der Waals surface area (Å²) < 4.78 is 19.5. The van der Waals surface area contributed by atoms with Crippen molar-refractivity contribution in [3.8, 4) is 0 Å². The molecule has 6 rings (SSSR count). The minimum atomic E-state index is -2.06. The second-order valence-electron chi connectivity index (χ2n) is 9.10. The maximum atomic E-state index is 13.7. The van der Waals surface area contributed by atoms with Crippen LogP contribution in [0.15, 0.2) is 78.9 Å². The van der Waals surface area contributed by atoms with Gasteiger partial charge in [-0.25, -0.2) is 4.39 Å². The summed E-state index contributed by atoms with van der Waals surface area (Å²) in [5, 5.41) is 0. The molecule has 1 spiro atoms. The molecule has 0 N–H and O–H groups in total. The lowest BCUT2D eigenvalue weighted by molar-refractivity contribution is -0.144. The number of hydrogen-bond donors (Lipinski definition) is 0. The monoisotopic (exact) mass is 469 g/mol. The van der Waals surface area contributed by atoms with Gasteiger partial charge in [0, 0.05) is 17.7 Å². The average Bonchev–Trinajstić information content (AvgIpc) is 3.44. The molecule has 3 atom stereocenters. The van der Waals surface area contributed by atoms with E-state index in [4.69, 9.17) is 4.74 Å². The van der Waals surface area contributed by atoms with Crippen molar-refractivity contribution in [3.63, 3.8) is 0 Å². The van der Waals surface area contributed by atoms with Gasteiger partial charge in [0.25, 0.3) is 0 Å². The van der Waals surface area contributed by atoms with Crippen LogP contribution in [-0.2, 0) is 20.7 Å². The van der Waals surface area contributed by atoms with Crippen LogP contribution in [0.3, 0.4) is 0 Å². The Balaban J connectivity index is 1.41. The first-order valence-electron chi connectivity index (χ1n) is 11.4. The van der Waals surface area contributed by atoms with E-state index in [9.17, 15) is 23.6 Å². The van der Waals surface area contributed by atoms with Crippen molar-refractivity contribution in [1.29, 1.82) is 0 Å². The molecular weight excluding hydrogens is 449 g/mol. The van der Waals surface area contributed by atoms with Gasteiger partial charge < -0.3 is 4.74 Å². The third kappa shape index (κ3) is 2.98. The lowest BCUT2D eigenvalue weighted by atomic mass is 9.77. The van der Waals surface area contributed by atoms with Crippen LogP contribution in [0.25, 0.3) is 0 Å². The molecule has 35 heavy (non-hydrogen) atoms. The van der Waals surface area contributed by atoms with Gasteiger partial charge in [-0.15, -0.1) is 0 Å². The number of ketones is 2. The van der Waals surface area contributed by atoms with Crippen LogP contribution >= 0.6 is 0 Å². The summed E-state index contributed by atoms with van der Waals surface area (Å²) in [5.74, 6) is -4.83. The quantitative estimate of drug-likeness (QED) is 0.431. The van der Waals surface area contributed by atoms with Crippen LogP contribution in [0.5, 0.6) is 0 Å². The van der Waals surface area contributed by atoms with E-state index in [1.54, 1.807) is 60.7 Å². The molecule has 2 saturated heterocycles. The third-order valence-electron chi connectivity index (χ3n) is 7.28. The molecule has 0 radical (unpaired) electrons. The van der Waals surface area contributed by atoms with Crippen molar-refractivity contribution in [2.75, 3.05) is 6.54 Å². The van der Waals surface area contributed by atoms with Crippen molar-refractivity contribution < 1.29 is 28.3 Å². The Bertz CT molecular complexity index is 1350. The number of fused-ring (bicyclic) bond motifs is 3. The average molecular weight is 469 g/mol. The van der Waals surface area contributed by atoms with Crippen molar-refractivity contribution in [3.05, 3.63) is 107 Å². The third-order valence-corrected chi connectivity index (χ3v) is 7.28. The summed E-state index contributed by atoms with van der Waals surface area (Å²) in [7, 11) is 0. The number of Topliss-reactive ketones (excluding diaryl/α,β-unsaturated/α-hetero) is 2. The number of ether oxygens (including phenoxy) is 1. The molecule has 2 heterocycles. The summed E-state index contributed by atoms with van der Waals surface area (Å²) in [6, 6.07) is 21.1. The first-order chi connectivity index (χ1) is 16.9. The van der Waals surface area contributed by atoms with E-state index >= 15 is 0 Å². The van der Waals surface area contributed by atoms with Crippen LogP contribution in [0, 0.1) is 17.7 Å². The predicted octanol–water partition coefficient (Wildman–Crippen LogP) is 3.56. The zero-order valence-corrected chi connectivity index (χ0v) is 18.5. The number of rotatable bonds is 4. The van der Waals surface area contributed by atoms with Crippen molar-refractivity contribution in [2.24, 2.45) is 11.8 Å². The lowest BCUT2D eigenvalue weighted by Gasteiger charge is -2.27. The number of benzene rings is 3. The highest BCUT2D eigenvalue weighted by Crippen LogP contribution is 2.57. The van der Waals surface area contributed by atoms with Gasteiger partial charge in [-0.3, -0.25) is 24.1 Å². The van der Waals surface area contributed by atoms with Crippen molar-refractivity contribution >= 4 is 23.4 Å². The molecule has 3 aliphatic rings. The normalized spacial score (nSPS) is 24.4. The van der Waals surface area contributed by atoms with E-state index in [1.807, 2.05) is 6.07 Å². The van der Waals surface area contributed by atoms with Crippen LogP contribution in [0.1, 0.15) is 37.9 Å². The second-order valence-corrected chi connectivity index (χ2v) is 9.10. The fourth-order valence-electron chi connectivity index (χ4n) is 5.63. The molecule has 3 aromatic carbocycles. The number of likely N-dealkylation sites (tertiary alicyclic amines) is 1. The molecule has 0 unspecified atom stereocenters. The first-order valence-corrected chi connectivity index (χ1v) is 11.4. The zero-order valence-electron chi connectivity index (χ0n) is 18.5. The summed E-state index contributed by atoms with van der Waals surface area (Å²) in [6.45, 7) is 0.0587. The first kappa shape index (κ1) is 21.6. The Kier molecular flexibility index (Phi) is 4.79. The number of amides is 2. The predicted molar refractivity (Wildman–Crippen MR) is 122 cm³/mol. The molecule has 2 aliphatic heterocycles. The molecule has 2 fully saturated rings. The summed E-state index contributed by atoms with van der Waals surface area (Å²) in [5.41, 5.74) is -0.274. The Morgan fingerprint density at radius 3 is 2.00 bits per heavy atom. The fourth-order valence-corrected chi connectivity index (χ4v) is 5.63. The van der Waals surface area contributed by atoms with Gasteiger partial charge in [-0.1, -0.05) is 66.7 Å². The Hall–Kier alpha value is -3.97. The number of halogens is 1. The van der Waals surface area contributed by atoms with Gasteiger partial charge in [0.15, 0.2) is 0 Å². The van der Waals surface area contributed by atoms with Crippen molar-refractivity contribution in [1.82, 2.24) is 4.90 Å². The molecular formula is C28H20FNO5. The minimum absolute atomic E-state index is 0.0587. The van der Waals surface area contributed by atoms with Crippen LogP contribution in [0.2, 0.25) is 0 Å². The highest BCUT2D eigenvalue weighted by molar-refractivity contribution is 6.35. The smallest absolute Gasteiger partial charge is 0.237 e. The second kappa shape index (κ2) is 7.78. The van der Waals surface area contributed by atoms with E-state index in [0.29, 0.717) is 12.0 Å². The highest BCUT2D eigenvalue weighted by Gasteiger charge is 2.74. The molecule has 1 aliphatic carbocycles. The fraction of sp³-hybridized carbons (Fsp3) is 0.214. The topological polar surface area (TPSA) is 80.8 Å². The van der Waals surface area contributed by atoms with E-state index in [2.05, 4.69) is 0 Å². The van der Waals surface area contributed by atoms with Crippen LogP contribution in [-0.4, -0.2) is 40.4 Å². The maximum Gasteiger partial charge on any atom is 0.237 e. The maximum absolute atomic E-state index is 13.7. The van der Waals surface area contributed by atoms with E-state index in [0.717, 1.165) is 10.5 Å². The van der Waals surface area contributed by atoms with Gasteiger partial charge in [0.1, 0.15) is 5.82 Å². The molecule has 7 heteroatoms. The van der Waals surface area contributed by atoms with Crippen molar-refractivity contribution in [2.45, 2.75) is 18.1 Å². The Labute approximate surface area is 200 Å². The van der Waals surface area contributed by atoms with E-state index in [1.165, 1.54) is 12.1 Å². The van der Waals surface area contributed by atoms with Crippen LogP contribution in [0.4, 0.5) is 4.39 Å². The standard InChI is InChI=1S/C28H20FNO5/c29-18-12-10-16(11-13-18)14-15-30-26(33)21-22(27(30)34)28(35-23(21)17-6-2-1-3-7-17)24(31)19-8-4-5-9-20(19)25(28)32/h1-13,21-23H,14-15H2/t21-,22+,23-/m1/s1. The largest absolute Gasteiger partial charge is 0.349 e. The number of nitrogens with zero attached hydrogens (tertiary/aromatic N) is 1. The molecule has 6 nitrogen and oxygen atoms in total. The number of carbonyl (C=O) groups excluding carboxylic acids is 4. The summed E-state index contributed by atoms with van der Waals surface area (Å²) in [4.78, 5) is 55.8. The molecule has 174 valence electrons. The minimum Gasteiger partial charge on any atom is -0.349 e. The van der Waals surface area contributed by atoms with Gasteiger partial charge in [-0.2, -0.15) is 0 Å². The van der Waals surface area contributed by atoms with Gasteiger partial charge >= 0.3 is 0 Å². The molecule has 3 aromatic rings. The van der Waals surface area contributed by atoms with Gasteiger partial charge in [0.2, 0.25) is 29.0 Å². The van der Waals surface area contributed by atoms with E-state index < -0.39 is 46.9 Å². The number of carbonyl (C=O) groups is 4. The Morgan fingerprint density at radius 1 is 0.771 bits per heavy atom. The Morgan fingerprint density at radius 2 is 1.37 bits per heavy atom. The van der Waals surface area contributed by atoms with Gasteiger partial charge in [0.05, 0.1) is 17.9 Å². The van der Waals surface area contributed by atoms with Crippen LogP contribution < -0.4 is 0 Å².